The van der Waals surface area contributed by atoms with E-state index in [1.54, 1.807) is 12.3 Å². The minimum Gasteiger partial charge on any atom is -0.486 e. The molecule has 1 fully saturated rings. The number of rotatable bonds is 6. The fourth-order valence-corrected chi connectivity index (χ4v) is 6.98. The number of amides is 1. The van der Waals surface area contributed by atoms with Crippen LogP contribution in [0.5, 0.6) is 5.75 Å². The third kappa shape index (κ3) is 4.88. The molecule has 0 aliphatic heterocycles. The summed E-state index contributed by atoms with van der Waals surface area (Å²) in [5.74, 6) is 1.48. The van der Waals surface area contributed by atoms with E-state index in [1.165, 1.54) is 16.7 Å². The highest BCUT2D eigenvalue weighted by Gasteiger charge is 2.54. The molecule has 3 aromatic rings. The molecule has 4 nitrogen and oxygen atoms in total. The van der Waals surface area contributed by atoms with Crippen molar-refractivity contribution in [3.63, 3.8) is 0 Å². The number of ether oxygens (including phenoxy) is 1. The number of nitrogens with one attached hydrogen (secondary N) is 1. The number of pyridine rings is 1. The zero-order valence-corrected chi connectivity index (χ0v) is 23.1. The maximum Gasteiger partial charge on any atom is 0.230 e. The van der Waals surface area contributed by atoms with E-state index >= 15 is 0 Å². The molecule has 0 saturated heterocycles. The third-order valence-electron chi connectivity index (χ3n) is 8.85. The van der Waals surface area contributed by atoms with Crippen molar-refractivity contribution in [3.8, 4) is 5.75 Å². The number of hydrogen-bond donors (Lipinski definition) is 1. The lowest BCUT2D eigenvalue weighted by atomic mass is 9.49. The number of nitrogens with zero attached hydrogens (tertiary/aromatic N) is 1. The first kappa shape index (κ1) is 25.8. The van der Waals surface area contributed by atoms with Crippen LogP contribution in [0.15, 0.2) is 60.8 Å². The fourth-order valence-electron chi connectivity index (χ4n) is 6.75. The quantitative estimate of drug-likeness (QED) is 0.360. The van der Waals surface area contributed by atoms with E-state index < -0.39 is 5.41 Å². The number of anilines is 1. The van der Waals surface area contributed by atoms with E-state index in [-0.39, 0.29) is 11.3 Å². The van der Waals surface area contributed by atoms with Gasteiger partial charge in [-0.05, 0) is 90.0 Å². The Morgan fingerprint density at radius 2 is 1.97 bits per heavy atom. The second-order valence-electron chi connectivity index (χ2n) is 11.6. The molecule has 1 N–H and O–H groups in total. The molecule has 3 atom stereocenters. The summed E-state index contributed by atoms with van der Waals surface area (Å²) in [7, 11) is 0. The van der Waals surface area contributed by atoms with Gasteiger partial charge in [0, 0.05) is 11.9 Å². The number of carbonyl (C=O) groups excluding carboxylic acids is 1. The molecule has 1 saturated carbocycles. The Labute approximate surface area is 225 Å². The van der Waals surface area contributed by atoms with Gasteiger partial charge in [0.05, 0.1) is 16.1 Å². The average molecular weight is 517 g/mol. The van der Waals surface area contributed by atoms with E-state index in [1.807, 2.05) is 30.3 Å². The molecule has 0 radical (unpaired) electrons. The first-order valence-electron chi connectivity index (χ1n) is 13.5. The topological polar surface area (TPSA) is 51.2 Å². The van der Waals surface area contributed by atoms with Crippen LogP contribution in [-0.2, 0) is 23.2 Å². The van der Waals surface area contributed by atoms with Crippen molar-refractivity contribution in [2.24, 2.45) is 11.3 Å². The first-order valence-corrected chi connectivity index (χ1v) is 13.9. The maximum atomic E-state index is 13.9. The number of aromatic nitrogens is 1. The van der Waals surface area contributed by atoms with Gasteiger partial charge >= 0.3 is 0 Å². The van der Waals surface area contributed by atoms with Crippen LogP contribution in [0.25, 0.3) is 0 Å². The van der Waals surface area contributed by atoms with Gasteiger partial charge in [0.25, 0.3) is 0 Å². The molecule has 5 rings (SSSR count). The van der Waals surface area contributed by atoms with Crippen molar-refractivity contribution in [3.05, 3.63) is 88.2 Å². The molecule has 1 amide bonds. The summed E-state index contributed by atoms with van der Waals surface area (Å²) in [6.45, 7) is 9.40. The number of hydrogen-bond acceptors (Lipinski definition) is 3. The molecule has 37 heavy (non-hydrogen) atoms. The van der Waals surface area contributed by atoms with Crippen LogP contribution in [0, 0.1) is 11.3 Å². The lowest BCUT2D eigenvalue weighted by Gasteiger charge is -2.54. The van der Waals surface area contributed by atoms with Gasteiger partial charge in [0.15, 0.2) is 0 Å². The minimum atomic E-state index is -0.442. The van der Waals surface area contributed by atoms with Gasteiger partial charge in [-0.15, -0.1) is 0 Å². The molecule has 2 aromatic carbocycles. The SMILES string of the molecule is CC(C)c1ccc2c(c1)CC[C@H]1[C@](C)(C(=O)Nc3ccc(OCc4ccccn4)c(Cl)c3)CCC[C@]21C. The van der Waals surface area contributed by atoms with E-state index in [2.05, 4.69) is 56.2 Å². The number of carbonyl (C=O) groups is 1. The molecule has 2 aliphatic carbocycles. The summed E-state index contributed by atoms with van der Waals surface area (Å²) in [4.78, 5) is 18.1. The highest BCUT2D eigenvalue weighted by molar-refractivity contribution is 6.32. The minimum absolute atomic E-state index is 0.00818. The average Bonchev–Trinajstić information content (AvgIpc) is 2.88. The van der Waals surface area contributed by atoms with Crippen molar-refractivity contribution in [1.29, 1.82) is 0 Å². The predicted molar refractivity (Wildman–Crippen MR) is 150 cm³/mol. The van der Waals surface area contributed by atoms with Crippen molar-refractivity contribution >= 4 is 23.2 Å². The zero-order valence-electron chi connectivity index (χ0n) is 22.3. The third-order valence-corrected chi connectivity index (χ3v) is 9.15. The Balaban J connectivity index is 1.33. The molecular formula is C32H37ClN2O2. The second-order valence-corrected chi connectivity index (χ2v) is 12.0. The van der Waals surface area contributed by atoms with E-state index in [4.69, 9.17) is 16.3 Å². The second kappa shape index (κ2) is 10.1. The van der Waals surface area contributed by atoms with Crippen LogP contribution >= 0.6 is 11.6 Å². The monoisotopic (exact) mass is 516 g/mol. The lowest BCUT2D eigenvalue weighted by Crippen LogP contribution is -2.53. The molecule has 194 valence electrons. The molecule has 0 unspecified atom stereocenters. The Hall–Kier alpha value is -2.85. The smallest absolute Gasteiger partial charge is 0.230 e. The van der Waals surface area contributed by atoms with Gasteiger partial charge in [0.2, 0.25) is 5.91 Å². The van der Waals surface area contributed by atoms with Crippen LogP contribution in [0.3, 0.4) is 0 Å². The van der Waals surface area contributed by atoms with Gasteiger partial charge in [-0.25, -0.2) is 0 Å². The molecule has 5 heteroatoms. The molecular weight excluding hydrogens is 480 g/mol. The van der Waals surface area contributed by atoms with Gasteiger partial charge in [-0.2, -0.15) is 0 Å². The van der Waals surface area contributed by atoms with E-state index in [0.29, 0.717) is 34.9 Å². The van der Waals surface area contributed by atoms with Gasteiger partial charge in [0.1, 0.15) is 12.4 Å². The summed E-state index contributed by atoms with van der Waals surface area (Å²) < 4.78 is 5.85. The molecule has 1 aromatic heterocycles. The summed E-state index contributed by atoms with van der Waals surface area (Å²) >= 11 is 6.53. The summed E-state index contributed by atoms with van der Waals surface area (Å²) in [6.07, 6.45) is 6.89. The van der Waals surface area contributed by atoms with Gasteiger partial charge in [-0.3, -0.25) is 9.78 Å². The van der Waals surface area contributed by atoms with Crippen molar-refractivity contribution < 1.29 is 9.53 Å². The van der Waals surface area contributed by atoms with Crippen LogP contribution in [0.1, 0.15) is 81.7 Å². The predicted octanol–water partition coefficient (Wildman–Crippen LogP) is 8.09. The lowest BCUT2D eigenvalue weighted by molar-refractivity contribution is -0.133. The summed E-state index contributed by atoms with van der Waals surface area (Å²) in [5, 5.41) is 3.67. The van der Waals surface area contributed by atoms with Crippen LogP contribution < -0.4 is 10.1 Å². The van der Waals surface area contributed by atoms with Crippen molar-refractivity contribution in [1.82, 2.24) is 4.98 Å². The van der Waals surface area contributed by atoms with E-state index in [0.717, 1.165) is 37.8 Å². The summed E-state index contributed by atoms with van der Waals surface area (Å²) in [5.41, 5.74) is 5.43. The molecule has 0 spiro atoms. The van der Waals surface area contributed by atoms with Gasteiger partial charge in [-0.1, -0.05) is 70.0 Å². The molecule has 1 heterocycles. The Morgan fingerprint density at radius 1 is 1.14 bits per heavy atom. The Kier molecular flexibility index (Phi) is 7.06. The number of aryl methyl sites for hydroxylation is 1. The first-order chi connectivity index (χ1) is 17.7. The Morgan fingerprint density at radius 3 is 2.70 bits per heavy atom. The summed E-state index contributed by atoms with van der Waals surface area (Å²) in [6, 6.07) is 18.2. The maximum absolute atomic E-state index is 13.9. The molecule has 2 aliphatic rings. The molecule has 0 bridgehead atoms. The van der Waals surface area contributed by atoms with E-state index in [9.17, 15) is 4.79 Å². The fraction of sp³-hybridized carbons (Fsp3) is 0.438. The van der Waals surface area contributed by atoms with Crippen molar-refractivity contribution in [2.75, 3.05) is 5.32 Å². The van der Waals surface area contributed by atoms with Gasteiger partial charge < -0.3 is 10.1 Å². The largest absolute Gasteiger partial charge is 0.486 e. The zero-order chi connectivity index (χ0) is 26.2. The number of halogens is 1. The standard InChI is InChI=1S/C32H37ClN2O2/c1-21(2)22-9-12-26-23(18-22)10-14-29-31(26,3)15-7-16-32(29,4)30(36)35-24-11-13-28(27(33)19-24)37-20-25-8-5-6-17-34-25/h5-6,8-9,11-13,17-19,21,29H,7,10,14-16,20H2,1-4H3,(H,35,36)/t29-,31-,32-/m1/s1. The number of benzene rings is 2. The number of fused-ring (bicyclic) bond motifs is 3. The normalized spacial score (nSPS) is 24.8. The van der Waals surface area contributed by atoms with Crippen LogP contribution in [-0.4, -0.2) is 10.9 Å². The van der Waals surface area contributed by atoms with Crippen LogP contribution in [0.2, 0.25) is 5.02 Å². The van der Waals surface area contributed by atoms with Crippen LogP contribution in [0.4, 0.5) is 5.69 Å². The highest BCUT2D eigenvalue weighted by atomic mass is 35.5. The Bertz CT molecular complexity index is 1290. The van der Waals surface area contributed by atoms with Crippen molar-refractivity contribution in [2.45, 2.75) is 77.7 Å². The highest BCUT2D eigenvalue weighted by Crippen LogP contribution is 2.57.